The topological polar surface area (TPSA) is 20.2 Å². The molecule has 1 aromatic rings. The van der Waals surface area contributed by atoms with Crippen LogP contribution >= 0.6 is 0 Å². The molecule has 0 aliphatic heterocycles. The third-order valence-corrected chi connectivity index (χ3v) is 3.70. The summed E-state index contributed by atoms with van der Waals surface area (Å²) in [5, 5.41) is 10.1. The van der Waals surface area contributed by atoms with E-state index in [9.17, 15) is 18.3 Å². The highest BCUT2D eigenvalue weighted by molar-refractivity contribution is 5.22. The molecule has 0 saturated heterocycles. The van der Waals surface area contributed by atoms with Gasteiger partial charge in [-0.15, -0.1) is 0 Å². The van der Waals surface area contributed by atoms with Gasteiger partial charge < -0.3 is 5.11 Å². The standard InChI is InChI=1S/C14H17F3O/c15-11-8-13(17)12(16)7-10(11)14(18)9-5-3-1-2-4-6-9/h7-9,14,18H,1-6H2/t14-/m1/s1. The molecule has 0 heterocycles. The molecule has 0 spiro atoms. The van der Waals surface area contributed by atoms with E-state index < -0.39 is 23.6 Å². The van der Waals surface area contributed by atoms with Crippen molar-refractivity contribution in [1.29, 1.82) is 0 Å². The number of aliphatic hydroxyl groups excluding tert-OH is 1. The molecular formula is C14H17F3O. The summed E-state index contributed by atoms with van der Waals surface area (Å²) in [7, 11) is 0. The smallest absolute Gasteiger partial charge is 0.161 e. The van der Waals surface area contributed by atoms with E-state index in [0.29, 0.717) is 6.07 Å². The molecule has 1 fully saturated rings. The Labute approximate surface area is 105 Å². The normalized spacial score (nSPS) is 19.6. The van der Waals surface area contributed by atoms with E-state index in [4.69, 9.17) is 0 Å². The van der Waals surface area contributed by atoms with E-state index in [1.807, 2.05) is 0 Å². The van der Waals surface area contributed by atoms with Gasteiger partial charge in [-0.05, 0) is 24.8 Å². The number of hydrogen-bond acceptors (Lipinski definition) is 1. The van der Waals surface area contributed by atoms with Gasteiger partial charge in [0, 0.05) is 11.6 Å². The second-order valence-electron chi connectivity index (χ2n) is 4.98. The third kappa shape index (κ3) is 2.86. The van der Waals surface area contributed by atoms with E-state index in [0.717, 1.165) is 44.6 Å². The predicted octanol–water partition coefficient (Wildman–Crippen LogP) is 4.11. The second-order valence-corrected chi connectivity index (χ2v) is 4.98. The predicted molar refractivity (Wildman–Crippen MR) is 62.5 cm³/mol. The van der Waals surface area contributed by atoms with Gasteiger partial charge in [0.1, 0.15) is 5.82 Å². The van der Waals surface area contributed by atoms with Crippen molar-refractivity contribution in [2.24, 2.45) is 5.92 Å². The van der Waals surface area contributed by atoms with E-state index in [-0.39, 0.29) is 11.5 Å². The first-order valence-corrected chi connectivity index (χ1v) is 6.42. The van der Waals surface area contributed by atoms with Gasteiger partial charge in [-0.3, -0.25) is 0 Å². The minimum atomic E-state index is -1.22. The van der Waals surface area contributed by atoms with Crippen molar-refractivity contribution in [3.05, 3.63) is 35.1 Å². The van der Waals surface area contributed by atoms with Crippen molar-refractivity contribution in [3.8, 4) is 0 Å². The molecule has 4 heteroatoms. The van der Waals surface area contributed by atoms with Crippen molar-refractivity contribution in [3.63, 3.8) is 0 Å². The summed E-state index contributed by atoms with van der Waals surface area (Å²) in [5.41, 5.74) is -0.124. The average molecular weight is 258 g/mol. The zero-order valence-electron chi connectivity index (χ0n) is 10.1. The third-order valence-electron chi connectivity index (χ3n) is 3.70. The quantitative estimate of drug-likeness (QED) is 0.625. The van der Waals surface area contributed by atoms with Gasteiger partial charge in [-0.25, -0.2) is 13.2 Å². The molecule has 1 N–H and O–H groups in total. The zero-order valence-corrected chi connectivity index (χ0v) is 10.1. The molecule has 1 aliphatic carbocycles. The molecule has 0 radical (unpaired) electrons. The Morgan fingerprint density at radius 1 is 0.889 bits per heavy atom. The lowest BCUT2D eigenvalue weighted by atomic mass is 9.89. The van der Waals surface area contributed by atoms with Crippen molar-refractivity contribution in [2.45, 2.75) is 44.6 Å². The van der Waals surface area contributed by atoms with Crippen LogP contribution in [-0.2, 0) is 0 Å². The minimum absolute atomic E-state index is 0.0631. The Balaban J connectivity index is 2.21. The monoisotopic (exact) mass is 258 g/mol. The van der Waals surface area contributed by atoms with Gasteiger partial charge in [0.25, 0.3) is 0 Å². The van der Waals surface area contributed by atoms with E-state index in [1.54, 1.807) is 0 Å². The molecule has 18 heavy (non-hydrogen) atoms. The lowest BCUT2D eigenvalue weighted by molar-refractivity contribution is 0.0947. The van der Waals surface area contributed by atoms with E-state index in [1.165, 1.54) is 0 Å². The van der Waals surface area contributed by atoms with Crippen LogP contribution in [0.15, 0.2) is 12.1 Å². The summed E-state index contributed by atoms with van der Waals surface area (Å²) in [4.78, 5) is 0. The summed E-state index contributed by atoms with van der Waals surface area (Å²) in [5.74, 6) is -3.26. The molecule has 1 saturated carbocycles. The van der Waals surface area contributed by atoms with E-state index in [2.05, 4.69) is 0 Å². The molecule has 1 aliphatic rings. The van der Waals surface area contributed by atoms with Crippen molar-refractivity contribution < 1.29 is 18.3 Å². The van der Waals surface area contributed by atoms with Crippen LogP contribution in [0.1, 0.15) is 50.2 Å². The lowest BCUT2D eigenvalue weighted by Gasteiger charge is -2.22. The molecule has 1 aromatic carbocycles. The van der Waals surface area contributed by atoms with E-state index >= 15 is 0 Å². The van der Waals surface area contributed by atoms with Gasteiger partial charge in [0.15, 0.2) is 11.6 Å². The van der Waals surface area contributed by atoms with Gasteiger partial charge >= 0.3 is 0 Å². The fraction of sp³-hybridized carbons (Fsp3) is 0.571. The second kappa shape index (κ2) is 5.74. The number of hydrogen-bond donors (Lipinski definition) is 1. The van der Waals surface area contributed by atoms with Crippen LogP contribution in [0.5, 0.6) is 0 Å². The Kier molecular flexibility index (Phi) is 4.27. The van der Waals surface area contributed by atoms with Crippen LogP contribution in [0.4, 0.5) is 13.2 Å². The van der Waals surface area contributed by atoms with Gasteiger partial charge in [0.05, 0.1) is 6.10 Å². The largest absolute Gasteiger partial charge is 0.388 e. The summed E-state index contributed by atoms with van der Waals surface area (Å²) in [6, 6.07) is 1.28. The average Bonchev–Trinajstić information content (AvgIpc) is 2.61. The van der Waals surface area contributed by atoms with Crippen LogP contribution in [0.25, 0.3) is 0 Å². The summed E-state index contributed by atoms with van der Waals surface area (Å²) in [6.45, 7) is 0. The molecule has 100 valence electrons. The SMILES string of the molecule is O[C@@H](c1cc(F)c(F)cc1F)C1CCCCCC1. The maximum atomic E-state index is 13.6. The first kappa shape index (κ1) is 13.4. The fourth-order valence-corrected chi connectivity index (χ4v) is 2.65. The fourth-order valence-electron chi connectivity index (χ4n) is 2.65. The number of aliphatic hydroxyl groups is 1. The summed E-state index contributed by atoms with van der Waals surface area (Å²) < 4.78 is 39.5. The number of halogens is 3. The molecular weight excluding hydrogens is 241 g/mol. The van der Waals surface area contributed by atoms with Crippen LogP contribution < -0.4 is 0 Å². The maximum absolute atomic E-state index is 13.6. The highest BCUT2D eigenvalue weighted by Crippen LogP contribution is 2.34. The Morgan fingerprint density at radius 3 is 2.06 bits per heavy atom. The first-order chi connectivity index (χ1) is 8.59. The molecule has 0 aromatic heterocycles. The van der Waals surface area contributed by atoms with Crippen LogP contribution in [0.2, 0.25) is 0 Å². The molecule has 0 unspecified atom stereocenters. The highest BCUT2D eigenvalue weighted by atomic mass is 19.2. The van der Waals surface area contributed by atoms with Crippen molar-refractivity contribution in [1.82, 2.24) is 0 Å². The van der Waals surface area contributed by atoms with Gasteiger partial charge in [-0.2, -0.15) is 0 Å². The van der Waals surface area contributed by atoms with Crippen LogP contribution in [-0.4, -0.2) is 5.11 Å². The molecule has 1 nitrogen and oxygen atoms in total. The van der Waals surface area contributed by atoms with Crippen LogP contribution in [0, 0.1) is 23.4 Å². The Morgan fingerprint density at radius 2 is 1.44 bits per heavy atom. The Hall–Kier alpha value is -1.03. The minimum Gasteiger partial charge on any atom is -0.388 e. The Bertz CT molecular complexity index is 412. The lowest BCUT2D eigenvalue weighted by Crippen LogP contribution is -2.14. The highest BCUT2D eigenvalue weighted by Gasteiger charge is 2.25. The zero-order chi connectivity index (χ0) is 13.1. The summed E-state index contributed by atoms with van der Waals surface area (Å²) >= 11 is 0. The number of benzene rings is 1. The molecule has 0 amide bonds. The molecule has 0 bridgehead atoms. The van der Waals surface area contributed by atoms with Crippen LogP contribution in [0.3, 0.4) is 0 Å². The summed E-state index contributed by atoms with van der Waals surface area (Å²) in [6.07, 6.45) is 4.78. The first-order valence-electron chi connectivity index (χ1n) is 6.42. The van der Waals surface area contributed by atoms with Crippen molar-refractivity contribution >= 4 is 0 Å². The van der Waals surface area contributed by atoms with Gasteiger partial charge in [-0.1, -0.05) is 25.7 Å². The van der Waals surface area contributed by atoms with Crippen molar-refractivity contribution in [2.75, 3.05) is 0 Å². The van der Waals surface area contributed by atoms with Gasteiger partial charge in [0.2, 0.25) is 0 Å². The maximum Gasteiger partial charge on any atom is 0.161 e. The molecule has 2 rings (SSSR count). The number of rotatable bonds is 2. The molecule has 1 atom stereocenters.